The fourth-order valence-corrected chi connectivity index (χ4v) is 2.95. The smallest absolute Gasteiger partial charge is 0.255 e. The minimum Gasteiger partial charge on any atom is -0.339 e. The number of hydrogen-bond acceptors (Lipinski definition) is 4. The van der Waals surface area contributed by atoms with Gasteiger partial charge in [0.05, 0.1) is 5.56 Å². The Labute approximate surface area is 148 Å². The number of carbonyl (C=O) groups excluding carboxylic acids is 1. The zero-order valence-electron chi connectivity index (χ0n) is 13.3. The van der Waals surface area contributed by atoms with E-state index in [0.29, 0.717) is 17.1 Å². The molecule has 128 valence electrons. The number of nitrogens with zero attached hydrogens (tertiary/aromatic N) is 3. The maximum Gasteiger partial charge on any atom is 0.255 e. The van der Waals surface area contributed by atoms with Gasteiger partial charge >= 0.3 is 0 Å². The second-order valence-electron chi connectivity index (χ2n) is 5.93. The Morgan fingerprint density at radius 1 is 1.39 bits per heavy atom. The van der Waals surface area contributed by atoms with Gasteiger partial charge in [-0.25, -0.2) is 4.98 Å². The summed E-state index contributed by atoms with van der Waals surface area (Å²) in [6.45, 7) is 5.52. The van der Waals surface area contributed by atoms with Gasteiger partial charge in [0.1, 0.15) is 0 Å². The first-order valence-corrected chi connectivity index (χ1v) is 7.42. The summed E-state index contributed by atoms with van der Waals surface area (Å²) in [6.07, 6.45) is 3.57. The van der Waals surface area contributed by atoms with Crippen molar-refractivity contribution >= 4 is 41.8 Å². The zero-order valence-corrected chi connectivity index (χ0v) is 14.9. The van der Waals surface area contributed by atoms with Gasteiger partial charge in [0.25, 0.3) is 5.91 Å². The van der Waals surface area contributed by atoms with Crippen LogP contribution in [0.3, 0.4) is 0 Å². The standard InChI is InChI=1S/C15H21N5O.2ClH/c1-9(16)11-3-5-20(6-4-11)15(21)12-7-13-10(2)18-19-14(13)17-8-12;;/h7-9,11H,3-6,16H2,1-2H3,(H,17,18,19);2*1H. The lowest BCUT2D eigenvalue weighted by atomic mass is 9.91. The molecule has 0 radical (unpaired) electrons. The minimum absolute atomic E-state index is 0. The van der Waals surface area contributed by atoms with Crippen molar-refractivity contribution < 1.29 is 4.79 Å². The average molecular weight is 360 g/mol. The molecule has 6 nitrogen and oxygen atoms in total. The summed E-state index contributed by atoms with van der Waals surface area (Å²) < 4.78 is 0. The molecule has 3 rings (SSSR count). The molecule has 23 heavy (non-hydrogen) atoms. The topological polar surface area (TPSA) is 87.9 Å². The lowest BCUT2D eigenvalue weighted by Crippen LogP contribution is -2.42. The summed E-state index contributed by atoms with van der Waals surface area (Å²) in [6, 6.07) is 2.08. The Kier molecular flexibility index (Phi) is 6.80. The number of pyridine rings is 1. The van der Waals surface area contributed by atoms with Crippen LogP contribution in [-0.2, 0) is 0 Å². The summed E-state index contributed by atoms with van der Waals surface area (Å²) in [5.74, 6) is 0.568. The van der Waals surface area contributed by atoms with Crippen LogP contribution in [0.25, 0.3) is 11.0 Å². The van der Waals surface area contributed by atoms with Crippen LogP contribution in [0.2, 0.25) is 0 Å². The maximum absolute atomic E-state index is 12.6. The second kappa shape index (κ2) is 7.95. The molecule has 1 saturated heterocycles. The first-order chi connectivity index (χ1) is 10.1. The van der Waals surface area contributed by atoms with Crippen molar-refractivity contribution in [1.82, 2.24) is 20.1 Å². The Hall–Kier alpha value is -1.37. The van der Waals surface area contributed by atoms with Gasteiger partial charge in [-0.15, -0.1) is 24.8 Å². The van der Waals surface area contributed by atoms with Crippen LogP contribution < -0.4 is 5.73 Å². The highest BCUT2D eigenvalue weighted by Crippen LogP contribution is 2.22. The van der Waals surface area contributed by atoms with E-state index in [1.54, 1.807) is 6.20 Å². The van der Waals surface area contributed by atoms with Gasteiger partial charge in [0, 0.05) is 36.4 Å². The SMILES string of the molecule is Cc1[nH]nc2ncc(C(=O)N3CCC(C(C)N)CC3)cc12.Cl.Cl. The van der Waals surface area contributed by atoms with Crippen LogP contribution in [0.5, 0.6) is 0 Å². The molecule has 1 fully saturated rings. The van der Waals surface area contributed by atoms with E-state index in [1.165, 1.54) is 0 Å². The number of fused-ring (bicyclic) bond motifs is 1. The molecule has 1 aliphatic rings. The number of amides is 1. The molecule has 2 aromatic heterocycles. The largest absolute Gasteiger partial charge is 0.339 e. The molecule has 3 heterocycles. The molecule has 3 N–H and O–H groups in total. The number of aryl methyl sites for hydroxylation is 1. The summed E-state index contributed by atoms with van der Waals surface area (Å²) in [7, 11) is 0. The van der Waals surface area contributed by atoms with E-state index < -0.39 is 0 Å². The molecular formula is C15H23Cl2N5O. The molecule has 0 saturated carbocycles. The van der Waals surface area contributed by atoms with Crippen molar-refractivity contribution in [2.45, 2.75) is 32.7 Å². The Morgan fingerprint density at radius 3 is 2.65 bits per heavy atom. The molecule has 1 amide bonds. The predicted molar refractivity (Wildman–Crippen MR) is 95.4 cm³/mol. The number of nitrogens with one attached hydrogen (secondary N) is 1. The van der Waals surface area contributed by atoms with Crippen molar-refractivity contribution in [3.05, 3.63) is 23.5 Å². The van der Waals surface area contributed by atoms with E-state index in [2.05, 4.69) is 15.2 Å². The van der Waals surface area contributed by atoms with Gasteiger partial charge < -0.3 is 10.6 Å². The van der Waals surface area contributed by atoms with Crippen LogP contribution in [0.1, 0.15) is 35.8 Å². The molecule has 1 unspecified atom stereocenters. The summed E-state index contributed by atoms with van der Waals surface area (Å²) in [5.41, 5.74) is 8.16. The zero-order chi connectivity index (χ0) is 15.0. The first-order valence-electron chi connectivity index (χ1n) is 7.42. The van der Waals surface area contributed by atoms with Gasteiger partial charge in [-0.3, -0.25) is 9.89 Å². The lowest BCUT2D eigenvalue weighted by Gasteiger charge is -2.33. The molecule has 0 spiro atoms. The second-order valence-corrected chi connectivity index (χ2v) is 5.93. The van der Waals surface area contributed by atoms with Gasteiger partial charge in [-0.2, -0.15) is 5.10 Å². The van der Waals surface area contributed by atoms with Gasteiger partial charge in [-0.1, -0.05) is 0 Å². The molecule has 0 aliphatic carbocycles. The van der Waals surface area contributed by atoms with E-state index >= 15 is 0 Å². The molecule has 0 bridgehead atoms. The Bertz CT molecular complexity index is 665. The monoisotopic (exact) mass is 359 g/mol. The maximum atomic E-state index is 12.6. The fourth-order valence-electron chi connectivity index (χ4n) is 2.95. The van der Waals surface area contributed by atoms with Gasteiger partial charge in [0.2, 0.25) is 0 Å². The van der Waals surface area contributed by atoms with Crippen molar-refractivity contribution in [3.63, 3.8) is 0 Å². The number of likely N-dealkylation sites (tertiary alicyclic amines) is 1. The molecular weight excluding hydrogens is 337 g/mol. The number of nitrogens with two attached hydrogens (primary N) is 1. The van der Waals surface area contributed by atoms with E-state index in [4.69, 9.17) is 5.73 Å². The third-order valence-electron chi connectivity index (χ3n) is 4.42. The predicted octanol–water partition coefficient (Wildman–Crippen LogP) is 2.31. The molecule has 1 atom stereocenters. The fraction of sp³-hybridized carbons (Fsp3) is 0.533. The summed E-state index contributed by atoms with van der Waals surface area (Å²) >= 11 is 0. The molecule has 0 aromatic carbocycles. The number of H-pyrrole nitrogens is 1. The number of aromatic nitrogens is 3. The molecule has 1 aliphatic heterocycles. The van der Waals surface area contributed by atoms with Gasteiger partial charge in [0.15, 0.2) is 5.65 Å². The van der Waals surface area contributed by atoms with Crippen LogP contribution in [0.15, 0.2) is 12.3 Å². The third-order valence-corrected chi connectivity index (χ3v) is 4.42. The van der Waals surface area contributed by atoms with E-state index in [0.717, 1.165) is 37.0 Å². The lowest BCUT2D eigenvalue weighted by molar-refractivity contribution is 0.0681. The van der Waals surface area contributed by atoms with E-state index in [9.17, 15) is 4.79 Å². The number of aromatic amines is 1. The summed E-state index contributed by atoms with van der Waals surface area (Å²) in [5, 5.41) is 7.88. The highest BCUT2D eigenvalue weighted by Gasteiger charge is 2.25. The molecule has 8 heteroatoms. The van der Waals surface area contributed by atoms with Crippen molar-refractivity contribution in [2.75, 3.05) is 13.1 Å². The van der Waals surface area contributed by atoms with Crippen LogP contribution in [-0.4, -0.2) is 45.1 Å². The number of piperidine rings is 1. The number of carbonyl (C=O) groups is 1. The highest BCUT2D eigenvalue weighted by atomic mass is 35.5. The van der Waals surface area contributed by atoms with Gasteiger partial charge in [-0.05, 0) is 38.7 Å². The third kappa shape index (κ3) is 3.94. The van der Waals surface area contributed by atoms with Crippen molar-refractivity contribution in [2.24, 2.45) is 11.7 Å². The molecule has 2 aromatic rings. The first kappa shape index (κ1) is 19.7. The van der Waals surface area contributed by atoms with Crippen molar-refractivity contribution in [3.8, 4) is 0 Å². The normalized spacial score (nSPS) is 16.6. The number of halogens is 2. The van der Waals surface area contributed by atoms with Crippen LogP contribution >= 0.6 is 24.8 Å². The van der Waals surface area contributed by atoms with E-state index in [-0.39, 0.29) is 36.8 Å². The average Bonchev–Trinajstić information content (AvgIpc) is 2.87. The van der Waals surface area contributed by atoms with E-state index in [1.807, 2.05) is 24.8 Å². The minimum atomic E-state index is 0. The van der Waals surface area contributed by atoms with Crippen LogP contribution in [0, 0.1) is 12.8 Å². The summed E-state index contributed by atoms with van der Waals surface area (Å²) in [4.78, 5) is 18.7. The number of hydrogen-bond donors (Lipinski definition) is 2. The van der Waals surface area contributed by atoms with Crippen molar-refractivity contribution in [1.29, 1.82) is 0 Å². The van der Waals surface area contributed by atoms with Crippen LogP contribution in [0.4, 0.5) is 0 Å². The number of rotatable bonds is 2. The Morgan fingerprint density at radius 2 is 2.04 bits per heavy atom. The Balaban J connectivity index is 0.00000132. The highest BCUT2D eigenvalue weighted by molar-refractivity contribution is 5.97. The quantitative estimate of drug-likeness (QED) is 0.860.